The van der Waals surface area contributed by atoms with E-state index in [1.165, 1.54) is 23.4 Å². The number of amides is 1. The molecule has 3 atom stereocenters. The van der Waals surface area contributed by atoms with Gasteiger partial charge in [-0.1, -0.05) is 20.3 Å². The second-order valence-corrected chi connectivity index (χ2v) is 12.4. The van der Waals surface area contributed by atoms with Crippen LogP contribution in [-0.2, 0) is 28.4 Å². The molecule has 1 amide bonds. The minimum atomic E-state index is -4.99. The Labute approximate surface area is 284 Å². The molecule has 1 aliphatic carbocycles. The van der Waals surface area contributed by atoms with E-state index in [1.54, 1.807) is 9.80 Å². The van der Waals surface area contributed by atoms with Crippen LogP contribution in [0.3, 0.4) is 0 Å². The molecule has 18 heteroatoms. The van der Waals surface area contributed by atoms with E-state index < -0.39 is 35.5 Å². The van der Waals surface area contributed by atoms with Crippen LogP contribution >= 0.6 is 0 Å². The van der Waals surface area contributed by atoms with E-state index in [0.717, 1.165) is 51.2 Å². The number of ether oxygens (including phenoxy) is 1. The number of tetrazole rings is 1. The van der Waals surface area contributed by atoms with Crippen LogP contribution in [0.1, 0.15) is 95.2 Å². The molecule has 274 valence electrons. The van der Waals surface area contributed by atoms with Crippen LogP contribution < -0.4 is 4.90 Å². The number of rotatable bonds is 8. The molecule has 1 unspecified atom stereocenters. The zero-order valence-corrected chi connectivity index (χ0v) is 27.9. The van der Waals surface area contributed by atoms with Gasteiger partial charge in [-0.05, 0) is 85.6 Å². The Balaban J connectivity index is 0.00000133. The molecule has 0 radical (unpaired) electrons. The topological polar surface area (TPSA) is 139 Å². The average molecular weight is 715 g/mol. The zero-order valence-electron chi connectivity index (χ0n) is 27.9. The highest BCUT2D eigenvalue weighted by Gasteiger charge is 2.42. The molecule has 2 fully saturated rings. The number of carboxylic acid groups (broad SMARTS) is 1. The van der Waals surface area contributed by atoms with Crippen LogP contribution in [0.2, 0.25) is 0 Å². The fourth-order valence-corrected chi connectivity index (χ4v) is 6.45. The van der Waals surface area contributed by atoms with Crippen LogP contribution in [0.5, 0.6) is 0 Å². The van der Waals surface area contributed by atoms with E-state index in [4.69, 9.17) is 14.6 Å². The second-order valence-electron chi connectivity index (χ2n) is 12.4. The number of carbonyl (C=O) groups is 2. The molecule has 12 nitrogen and oxygen atoms in total. The third-order valence-corrected chi connectivity index (χ3v) is 8.78. The van der Waals surface area contributed by atoms with Crippen molar-refractivity contribution in [3.05, 3.63) is 53.6 Å². The third-order valence-electron chi connectivity index (χ3n) is 8.78. The highest BCUT2D eigenvalue weighted by molar-refractivity contribution is 5.69. The molecule has 1 N–H and O–H groups in total. The zero-order chi connectivity index (χ0) is 36.6. The first-order valence-corrected chi connectivity index (χ1v) is 16.4. The van der Waals surface area contributed by atoms with E-state index in [9.17, 15) is 31.1 Å². The van der Waals surface area contributed by atoms with Crippen molar-refractivity contribution in [1.29, 1.82) is 0 Å². The molecule has 1 aromatic carbocycles. The van der Waals surface area contributed by atoms with Crippen molar-refractivity contribution >= 4 is 18.0 Å². The summed E-state index contributed by atoms with van der Waals surface area (Å²) in [7, 11) is 0. The van der Waals surface area contributed by atoms with Gasteiger partial charge in [0.05, 0.1) is 23.5 Å². The lowest BCUT2D eigenvalue weighted by Crippen LogP contribution is -2.57. The molecule has 3 aromatic rings. The Hall–Kier alpha value is -4.51. The molecule has 5 rings (SSSR count). The number of aliphatic carboxylic acids is 1. The van der Waals surface area contributed by atoms with Crippen LogP contribution in [0.4, 0.5) is 37.1 Å². The summed E-state index contributed by atoms with van der Waals surface area (Å²) in [5.74, 6) is -0.726. The van der Waals surface area contributed by atoms with Gasteiger partial charge in [-0.2, -0.15) is 31.0 Å². The average Bonchev–Trinajstić information content (AvgIpc) is 3.61. The highest BCUT2D eigenvalue weighted by Crippen LogP contribution is 2.38. The number of aromatic nitrogens is 6. The van der Waals surface area contributed by atoms with Gasteiger partial charge in [0.1, 0.15) is 18.1 Å². The summed E-state index contributed by atoms with van der Waals surface area (Å²) in [6, 6.07) is 0.579. The van der Waals surface area contributed by atoms with E-state index in [1.807, 2.05) is 13.8 Å². The van der Waals surface area contributed by atoms with Crippen molar-refractivity contribution in [3.8, 4) is 5.69 Å². The number of nitrogens with zero attached hydrogens (tertiary/aromatic N) is 8. The molecule has 1 aliphatic heterocycles. The first kappa shape index (κ1) is 38.3. The van der Waals surface area contributed by atoms with Crippen molar-refractivity contribution < 1.29 is 45.8 Å². The molecular weight excluding hydrogens is 674 g/mol. The Morgan fingerprint density at radius 2 is 1.46 bits per heavy atom. The van der Waals surface area contributed by atoms with Gasteiger partial charge >= 0.3 is 18.4 Å². The summed E-state index contributed by atoms with van der Waals surface area (Å²) >= 11 is 0. The van der Waals surface area contributed by atoms with Crippen LogP contribution in [0, 0.1) is 0 Å². The number of likely N-dealkylation sites (tertiary alicyclic amines) is 1. The SMILES string of the molecule is CC(=O)O.CC[C@@H]1CC(N(Cc2cc(C(F)(F)F)cc(C(F)(F)F)c2)c2ncc(-n3cnnn3)cn2)C[C@H](CC)N1C(=O)OC1CCCCC1. The Kier molecular flexibility index (Phi) is 12.6. The molecule has 0 spiro atoms. The first-order chi connectivity index (χ1) is 23.6. The van der Waals surface area contributed by atoms with E-state index >= 15 is 0 Å². The van der Waals surface area contributed by atoms with Crippen LogP contribution in [-0.4, -0.2) is 76.5 Å². The van der Waals surface area contributed by atoms with Gasteiger partial charge in [0.2, 0.25) is 5.95 Å². The number of hydrogen-bond donors (Lipinski definition) is 1. The molecule has 2 aliphatic rings. The number of piperidine rings is 1. The number of hydrogen-bond acceptors (Lipinski definition) is 9. The lowest BCUT2D eigenvalue weighted by molar-refractivity contribution is -0.143. The van der Waals surface area contributed by atoms with E-state index in [2.05, 4.69) is 25.5 Å². The van der Waals surface area contributed by atoms with E-state index in [0.29, 0.717) is 31.4 Å². The van der Waals surface area contributed by atoms with Crippen molar-refractivity contribution in [3.63, 3.8) is 0 Å². The molecule has 1 saturated heterocycles. The van der Waals surface area contributed by atoms with Crippen molar-refractivity contribution in [2.75, 3.05) is 4.90 Å². The lowest BCUT2D eigenvalue weighted by atomic mass is 9.87. The number of carboxylic acids is 1. The Bertz CT molecular complexity index is 1500. The summed E-state index contributed by atoms with van der Waals surface area (Å²) in [6.07, 6.45) is 0.330. The van der Waals surface area contributed by atoms with Gasteiger partial charge < -0.3 is 19.6 Å². The van der Waals surface area contributed by atoms with Gasteiger partial charge in [0, 0.05) is 31.6 Å². The number of alkyl halides is 6. The van der Waals surface area contributed by atoms with Gasteiger partial charge in [0.25, 0.3) is 5.97 Å². The molecule has 1 saturated carbocycles. The van der Waals surface area contributed by atoms with Gasteiger partial charge in [-0.25, -0.2) is 14.8 Å². The lowest BCUT2D eigenvalue weighted by Gasteiger charge is -2.47. The van der Waals surface area contributed by atoms with Gasteiger partial charge in [-0.3, -0.25) is 4.79 Å². The number of halogens is 6. The predicted octanol–water partition coefficient (Wildman–Crippen LogP) is 7.08. The maximum Gasteiger partial charge on any atom is 0.416 e. The quantitative estimate of drug-likeness (QED) is 0.241. The minimum Gasteiger partial charge on any atom is -0.481 e. The molecule has 50 heavy (non-hydrogen) atoms. The Morgan fingerprint density at radius 3 is 1.92 bits per heavy atom. The summed E-state index contributed by atoms with van der Waals surface area (Å²) in [5, 5.41) is 18.4. The maximum absolute atomic E-state index is 13.7. The first-order valence-electron chi connectivity index (χ1n) is 16.4. The second kappa shape index (κ2) is 16.5. The van der Waals surface area contributed by atoms with Crippen molar-refractivity contribution in [2.24, 2.45) is 0 Å². The fourth-order valence-electron chi connectivity index (χ4n) is 6.45. The van der Waals surface area contributed by atoms with Gasteiger partial charge in [-0.15, -0.1) is 5.10 Å². The summed E-state index contributed by atoms with van der Waals surface area (Å²) in [4.78, 5) is 34.8. The molecule has 0 bridgehead atoms. The summed E-state index contributed by atoms with van der Waals surface area (Å²) in [6.45, 7) is 4.62. The summed E-state index contributed by atoms with van der Waals surface area (Å²) < 4.78 is 89.7. The van der Waals surface area contributed by atoms with Crippen molar-refractivity contribution in [2.45, 2.75) is 122 Å². The van der Waals surface area contributed by atoms with Gasteiger partial charge in [0.15, 0.2) is 0 Å². The smallest absolute Gasteiger partial charge is 0.416 e. The number of anilines is 1. The molecular formula is C32H40F6N8O4. The number of carbonyl (C=O) groups excluding carboxylic acids is 1. The van der Waals surface area contributed by atoms with E-state index in [-0.39, 0.29) is 48.4 Å². The largest absolute Gasteiger partial charge is 0.481 e. The molecule has 3 heterocycles. The predicted molar refractivity (Wildman–Crippen MR) is 167 cm³/mol. The molecule has 2 aromatic heterocycles. The van der Waals surface area contributed by atoms with Crippen LogP contribution in [0.25, 0.3) is 5.69 Å². The standard InChI is InChI=1S/C30H36F6N8O2.C2H4O2/c1-3-22-13-24(14-23(4-2)44(22)28(45)46-26-8-6-5-7-9-26)42(27-37-15-25(16-38-27)43-18-39-40-41-43)17-19-10-20(29(31,32)33)12-21(11-19)30(34,35)36;1-2(3)4/h10-12,15-16,18,22-24,26H,3-9,13-14,17H2,1-2H3;1H3,(H,3,4)/t22-,23+,24?;. The summed E-state index contributed by atoms with van der Waals surface area (Å²) in [5.41, 5.74) is -2.59. The minimum absolute atomic E-state index is 0.107. The normalized spacial score (nSPS) is 20.1. The van der Waals surface area contributed by atoms with Crippen molar-refractivity contribution in [1.82, 2.24) is 35.1 Å². The Morgan fingerprint density at radius 1 is 0.920 bits per heavy atom. The maximum atomic E-state index is 13.7. The highest BCUT2D eigenvalue weighted by atomic mass is 19.4. The number of benzene rings is 1. The third kappa shape index (κ3) is 10.0. The fraction of sp³-hybridized carbons (Fsp3) is 0.594. The monoisotopic (exact) mass is 714 g/mol. The van der Waals surface area contributed by atoms with Crippen LogP contribution in [0.15, 0.2) is 36.9 Å².